The lowest BCUT2D eigenvalue weighted by Crippen LogP contribution is -2.62. The minimum Gasteiger partial charge on any atom is -0.444 e. The number of hydrogen-bond donors (Lipinski definition) is 14. The summed E-state index contributed by atoms with van der Waals surface area (Å²) < 4.78 is 27.8. The number of aliphatic hydroxyl groups is 1. The van der Waals surface area contributed by atoms with Crippen LogP contribution in [0.15, 0.2) is 0 Å². The van der Waals surface area contributed by atoms with E-state index >= 15 is 14.4 Å². The van der Waals surface area contributed by atoms with Gasteiger partial charge in [0.15, 0.2) is 0 Å². The monoisotopic (exact) mass is 1390 g/mol. The third-order valence-corrected chi connectivity index (χ3v) is 15.3. The molecule has 3 unspecified atom stereocenters. The Labute approximate surface area is 575 Å². The fraction of sp³-hybridized carbons (Fsp3) is 0.800. The zero-order valence-corrected chi connectivity index (χ0v) is 60.6. The zero-order valence-electron chi connectivity index (χ0n) is 60.6. The van der Waals surface area contributed by atoms with Crippen molar-refractivity contribution in [3.05, 3.63) is 0 Å². The fourth-order valence-electron chi connectivity index (χ4n) is 10.7. The number of rotatable bonds is 17. The lowest BCUT2D eigenvalue weighted by atomic mass is 9.84. The largest absolute Gasteiger partial charge is 0.444 e. The molecular weight excluding hydrogens is 1280 g/mol. The average molecular weight is 1400 g/mol. The molecule has 2 bridgehead atoms. The first-order valence-electron chi connectivity index (χ1n) is 33.8. The highest BCUT2D eigenvalue weighted by Gasteiger charge is 2.41. The number of carbonyl (C=O) groups excluding carboxylic acids is 13. The van der Waals surface area contributed by atoms with Crippen molar-refractivity contribution >= 4 is 77.5 Å². The van der Waals surface area contributed by atoms with Crippen LogP contribution >= 0.6 is 0 Å². The lowest BCUT2D eigenvalue weighted by molar-refractivity contribution is -0.136. The van der Waals surface area contributed by atoms with Crippen molar-refractivity contribution in [3.8, 4) is 0 Å². The minimum atomic E-state index is -1.83. The molecule has 3 aliphatic rings. The standard InChI is InChI=1S/C65H114N14O19/c1-35-32-43-52(85)74-42(27-31-79(35)60(93)98-65(16,17)18)50(83)72-41(26-30-69-58(91)96-63(10,11)12)51(84)78-47(36(2)80)56(89)67-28-24-39(73-54(87)45(34-70-59(92)97-64(13,14)15)77-55(88)46(66)37(3)94-61(4,5)6)48(81)71-40(25-29-68-57(90)95-62(7,8)9)49(82)76-44(53(86)75-43)33-38-22-20-19-21-23-38/h35-47,80H,19-34,66H2,1-18H3,(H,67,89)(H,68,90)(H,69,91)(H,70,92)(H,71,81)(H,72,83)(H,73,87)(H,74,85)(H,75,86)(H,76,82)(H,77,88)(H,78,84)/t35?,36?,37?,39-,40-,41-,42-,43-,44+,45-,46-,47-/m0/s1. The van der Waals surface area contributed by atoms with Crippen molar-refractivity contribution in [1.29, 1.82) is 0 Å². The van der Waals surface area contributed by atoms with Crippen LogP contribution in [0.2, 0.25) is 0 Å². The molecule has 0 spiro atoms. The number of carbonyl (C=O) groups is 13. The first-order valence-corrected chi connectivity index (χ1v) is 33.8. The molecule has 33 nitrogen and oxygen atoms in total. The predicted octanol–water partition coefficient (Wildman–Crippen LogP) is 1.04. The summed E-state index contributed by atoms with van der Waals surface area (Å²) in [5.41, 5.74) is 1.62. The number of aliphatic hydroxyl groups excluding tert-OH is 1. The van der Waals surface area contributed by atoms with E-state index in [1.807, 2.05) is 0 Å². The van der Waals surface area contributed by atoms with Gasteiger partial charge >= 0.3 is 24.4 Å². The molecule has 0 aromatic heterocycles. The summed E-state index contributed by atoms with van der Waals surface area (Å²) in [6.07, 6.45) is -4.35. The van der Waals surface area contributed by atoms with Gasteiger partial charge in [-0.15, -0.1) is 0 Å². The summed E-state index contributed by atoms with van der Waals surface area (Å²) in [7, 11) is 0. The Morgan fingerprint density at radius 2 is 1.02 bits per heavy atom. The second-order valence-corrected chi connectivity index (χ2v) is 30.3. The van der Waals surface area contributed by atoms with Crippen LogP contribution in [0.3, 0.4) is 0 Å². The van der Waals surface area contributed by atoms with Crippen molar-refractivity contribution in [3.63, 3.8) is 0 Å². The van der Waals surface area contributed by atoms with E-state index in [1.165, 1.54) is 11.8 Å². The zero-order chi connectivity index (χ0) is 74.4. The highest BCUT2D eigenvalue weighted by Crippen LogP contribution is 2.28. The number of hydrogen-bond acceptors (Lipinski definition) is 20. The molecule has 0 aromatic rings. The van der Waals surface area contributed by atoms with Crippen LogP contribution in [0.1, 0.15) is 195 Å². The first kappa shape index (κ1) is 84.4. The van der Waals surface area contributed by atoms with Crippen LogP contribution in [0.4, 0.5) is 19.2 Å². The van der Waals surface area contributed by atoms with Crippen molar-refractivity contribution in [2.24, 2.45) is 11.7 Å². The molecule has 15 N–H and O–H groups in total. The summed E-state index contributed by atoms with van der Waals surface area (Å²) in [6.45, 7) is 26.8. The van der Waals surface area contributed by atoms with E-state index in [-0.39, 0.29) is 44.8 Å². The molecule has 2 saturated heterocycles. The molecule has 2 heterocycles. The van der Waals surface area contributed by atoms with Crippen molar-refractivity contribution in [1.82, 2.24) is 68.7 Å². The van der Waals surface area contributed by atoms with Gasteiger partial charge in [0.25, 0.3) is 0 Å². The van der Waals surface area contributed by atoms with E-state index < -0.39 is 211 Å². The van der Waals surface area contributed by atoms with Gasteiger partial charge < -0.3 is 103 Å². The molecule has 1 aliphatic carbocycles. The molecule has 558 valence electrons. The molecule has 0 radical (unpaired) electrons. The smallest absolute Gasteiger partial charge is 0.410 e. The molecule has 12 atom stereocenters. The maximum Gasteiger partial charge on any atom is 0.410 e. The predicted molar refractivity (Wildman–Crippen MR) is 358 cm³/mol. The molecule has 0 aromatic carbocycles. The fourth-order valence-corrected chi connectivity index (χ4v) is 10.7. The van der Waals surface area contributed by atoms with Crippen molar-refractivity contribution < 1.29 is 91.1 Å². The molecular formula is C65H114N14O19. The Morgan fingerprint density at radius 1 is 0.551 bits per heavy atom. The van der Waals surface area contributed by atoms with Gasteiger partial charge in [0.2, 0.25) is 53.2 Å². The lowest BCUT2D eigenvalue weighted by Gasteiger charge is -2.33. The second-order valence-electron chi connectivity index (χ2n) is 30.3. The summed E-state index contributed by atoms with van der Waals surface area (Å²) >= 11 is 0. The minimum absolute atomic E-state index is 0.0145. The SMILES string of the molecule is CC(OC(C)(C)C)[C@H](N)C(=O)N[C@@H](CNC(=O)OC(C)(C)C)C(=O)N[C@H]1CCNC(=O)[C@H](C(C)O)NC(=O)[C@H](CCNC(=O)OC(C)(C)C)NC(=O)[C@@H]2CCN(C(=O)OC(C)(C)C)C(C)C[C@H](NC(=O)[C@@H](CC3CCCCC3)NC(=O)[C@H](CCNC(=O)OC(C)(C)C)NC1=O)C(=O)N2. The van der Waals surface area contributed by atoms with Crippen LogP contribution in [-0.4, -0.2) is 221 Å². The number of amides is 13. The second kappa shape index (κ2) is 37.4. The Balaban J connectivity index is 2.36. The van der Waals surface area contributed by atoms with Gasteiger partial charge in [0, 0.05) is 32.2 Å². The first-order chi connectivity index (χ1) is 45.1. The Morgan fingerprint density at radius 3 is 1.53 bits per heavy atom. The molecule has 98 heavy (non-hydrogen) atoms. The van der Waals surface area contributed by atoms with E-state index in [9.17, 15) is 53.1 Å². The van der Waals surface area contributed by atoms with E-state index in [4.69, 9.17) is 29.4 Å². The molecule has 3 rings (SSSR count). The number of ether oxygens (including phenoxy) is 5. The van der Waals surface area contributed by atoms with Gasteiger partial charge in [-0.3, -0.25) is 43.2 Å². The topological polar surface area (TPSA) is 462 Å². The number of alkyl carbamates (subject to hydrolysis) is 3. The van der Waals surface area contributed by atoms with E-state index in [2.05, 4.69) is 63.8 Å². The summed E-state index contributed by atoms with van der Waals surface area (Å²) in [5.74, 6) is -9.27. The summed E-state index contributed by atoms with van der Waals surface area (Å²) in [5, 5.41) is 42.0. The molecule has 33 heteroatoms. The van der Waals surface area contributed by atoms with Crippen molar-refractivity contribution in [2.45, 2.75) is 296 Å². The van der Waals surface area contributed by atoms with Crippen LogP contribution < -0.4 is 69.5 Å². The van der Waals surface area contributed by atoms with Gasteiger partial charge in [-0.2, -0.15) is 0 Å². The van der Waals surface area contributed by atoms with Gasteiger partial charge in [-0.05, 0) is 169 Å². The Kier molecular flexibility index (Phi) is 32.2. The highest BCUT2D eigenvalue weighted by molar-refractivity contribution is 5.99. The van der Waals surface area contributed by atoms with Crippen LogP contribution in [0.5, 0.6) is 0 Å². The molecule has 1 saturated carbocycles. The number of fused-ring (bicyclic) bond motifs is 3. The third kappa shape index (κ3) is 31.8. The third-order valence-electron chi connectivity index (χ3n) is 15.3. The van der Waals surface area contributed by atoms with Gasteiger partial charge in [0.1, 0.15) is 76.8 Å². The highest BCUT2D eigenvalue weighted by atomic mass is 16.6. The maximum absolute atomic E-state index is 15.1. The molecule has 3 fully saturated rings. The van der Waals surface area contributed by atoms with Gasteiger partial charge in [-0.25, -0.2) is 19.2 Å². The summed E-state index contributed by atoms with van der Waals surface area (Å²) in [4.78, 5) is 187. The van der Waals surface area contributed by atoms with Gasteiger partial charge in [0.05, 0.1) is 24.4 Å². The number of nitrogens with one attached hydrogen (secondary N) is 12. The van der Waals surface area contributed by atoms with Gasteiger partial charge in [-0.1, -0.05) is 32.1 Å². The quantitative estimate of drug-likeness (QED) is 0.0905. The maximum atomic E-state index is 15.1. The van der Waals surface area contributed by atoms with Crippen molar-refractivity contribution in [2.75, 3.05) is 32.7 Å². The normalized spacial score (nSPS) is 24.1. The van der Waals surface area contributed by atoms with E-state index in [1.54, 1.807) is 111 Å². The van der Waals surface area contributed by atoms with Crippen LogP contribution in [0.25, 0.3) is 0 Å². The number of nitrogens with zero attached hydrogens (tertiary/aromatic N) is 1. The van der Waals surface area contributed by atoms with Crippen LogP contribution in [-0.2, 0) is 66.8 Å². The van der Waals surface area contributed by atoms with E-state index in [0.29, 0.717) is 12.8 Å². The van der Waals surface area contributed by atoms with E-state index in [0.717, 1.165) is 26.2 Å². The van der Waals surface area contributed by atoms with Crippen LogP contribution in [0, 0.1) is 5.92 Å². The number of nitrogens with two attached hydrogens (primary N) is 1. The molecule has 13 amide bonds. The molecule has 2 aliphatic heterocycles. The Hall–Kier alpha value is -7.81. The average Bonchev–Trinajstić information content (AvgIpc) is 1.43. The summed E-state index contributed by atoms with van der Waals surface area (Å²) in [6, 6.07) is -15.6. The Bertz CT molecular complexity index is 2770.